The molecule has 25 heavy (non-hydrogen) atoms. The first-order valence-electron chi connectivity index (χ1n) is 8.53. The second-order valence-corrected chi connectivity index (χ2v) is 6.79. The Bertz CT molecular complexity index is 897. The number of carbonyl (C=O) groups is 1. The molecule has 1 N–H and O–H groups in total. The van der Waals surface area contributed by atoms with Crippen molar-refractivity contribution in [3.8, 4) is 0 Å². The summed E-state index contributed by atoms with van der Waals surface area (Å²) >= 11 is 6.29. The number of aromatic nitrogens is 1. The Morgan fingerprint density at radius 2 is 1.72 bits per heavy atom. The number of hydrogen-bond donors (Lipinski definition) is 1. The number of nitrogens with zero attached hydrogens (tertiary/aromatic N) is 2. The maximum atomic E-state index is 12.7. The number of carbonyl (C=O) groups excluding carboxylic acids is 1. The van der Waals surface area contributed by atoms with E-state index in [2.05, 4.69) is 20.9 Å². The van der Waals surface area contributed by atoms with Crippen molar-refractivity contribution in [1.82, 2.24) is 9.88 Å². The molecule has 0 atom stereocenters. The fraction of sp³-hybridized carbons (Fsp3) is 0.250. The Balaban J connectivity index is 1.40. The van der Waals surface area contributed by atoms with Crippen LogP contribution in [0.25, 0.3) is 10.9 Å². The van der Waals surface area contributed by atoms with E-state index in [1.54, 1.807) is 0 Å². The quantitative estimate of drug-likeness (QED) is 0.725. The van der Waals surface area contributed by atoms with Crippen molar-refractivity contribution >= 4 is 34.0 Å². The van der Waals surface area contributed by atoms with Crippen LogP contribution in [0.15, 0.2) is 54.7 Å². The number of para-hydroxylation sites is 2. The van der Waals surface area contributed by atoms with E-state index in [9.17, 15) is 4.79 Å². The summed E-state index contributed by atoms with van der Waals surface area (Å²) in [5, 5.41) is 1.79. The molecule has 1 aliphatic rings. The molecular weight excluding hydrogens is 334 g/mol. The number of benzene rings is 2. The minimum atomic E-state index is 0.170. The molecule has 0 saturated carbocycles. The molecule has 0 aliphatic carbocycles. The molecule has 1 fully saturated rings. The van der Waals surface area contributed by atoms with Crippen LogP contribution in [-0.4, -0.2) is 48.4 Å². The summed E-state index contributed by atoms with van der Waals surface area (Å²) in [5.41, 5.74) is 2.87. The summed E-state index contributed by atoms with van der Waals surface area (Å²) in [6.45, 7) is 3.94. The molecule has 2 aromatic carbocycles. The molecule has 0 amide bonds. The van der Waals surface area contributed by atoms with Crippen molar-refractivity contribution in [1.29, 1.82) is 0 Å². The van der Waals surface area contributed by atoms with Crippen LogP contribution in [0.5, 0.6) is 0 Å². The van der Waals surface area contributed by atoms with Gasteiger partial charge in [-0.3, -0.25) is 9.69 Å². The standard InChI is InChI=1S/C20H20ClN3O/c21-17-6-2-4-8-19(17)24-11-9-23(10-12-24)14-20(25)16-13-22-18-7-3-1-5-15(16)18/h1-8,13,22H,9-12,14H2. The van der Waals surface area contributed by atoms with Gasteiger partial charge >= 0.3 is 0 Å². The van der Waals surface area contributed by atoms with Crippen LogP contribution in [0.2, 0.25) is 5.02 Å². The third-order valence-corrected chi connectivity index (χ3v) is 5.14. The first-order chi connectivity index (χ1) is 12.2. The van der Waals surface area contributed by atoms with Crippen molar-refractivity contribution in [2.75, 3.05) is 37.6 Å². The number of fused-ring (bicyclic) bond motifs is 1. The molecule has 1 aromatic heterocycles. The number of piperazine rings is 1. The molecule has 5 heteroatoms. The van der Waals surface area contributed by atoms with E-state index in [1.165, 1.54) is 0 Å². The highest BCUT2D eigenvalue weighted by molar-refractivity contribution is 6.33. The van der Waals surface area contributed by atoms with Gasteiger partial charge in [-0.05, 0) is 18.2 Å². The van der Waals surface area contributed by atoms with E-state index in [0.717, 1.165) is 53.4 Å². The van der Waals surface area contributed by atoms with Crippen LogP contribution in [0.4, 0.5) is 5.69 Å². The molecule has 1 aliphatic heterocycles. The summed E-state index contributed by atoms with van der Waals surface area (Å²) in [5.74, 6) is 0.170. The van der Waals surface area contributed by atoms with Crippen LogP contribution in [0, 0.1) is 0 Å². The Morgan fingerprint density at radius 1 is 1.00 bits per heavy atom. The summed E-state index contributed by atoms with van der Waals surface area (Å²) in [7, 11) is 0. The van der Waals surface area contributed by atoms with Crippen LogP contribution in [0.1, 0.15) is 10.4 Å². The van der Waals surface area contributed by atoms with E-state index >= 15 is 0 Å². The minimum absolute atomic E-state index is 0.170. The molecule has 0 radical (unpaired) electrons. The Kier molecular flexibility index (Phi) is 4.47. The Morgan fingerprint density at radius 3 is 2.52 bits per heavy atom. The van der Waals surface area contributed by atoms with Crippen molar-refractivity contribution in [2.24, 2.45) is 0 Å². The molecule has 4 rings (SSSR count). The minimum Gasteiger partial charge on any atom is -0.368 e. The smallest absolute Gasteiger partial charge is 0.178 e. The third-order valence-electron chi connectivity index (χ3n) is 4.82. The topological polar surface area (TPSA) is 39.3 Å². The van der Waals surface area contributed by atoms with Gasteiger partial charge in [0.1, 0.15) is 0 Å². The number of rotatable bonds is 4. The number of H-pyrrole nitrogens is 1. The first-order valence-corrected chi connectivity index (χ1v) is 8.91. The van der Waals surface area contributed by atoms with Gasteiger partial charge in [-0.15, -0.1) is 0 Å². The zero-order valence-corrected chi connectivity index (χ0v) is 14.7. The number of halogens is 1. The van der Waals surface area contributed by atoms with Gasteiger partial charge in [0.2, 0.25) is 0 Å². The van der Waals surface area contributed by atoms with Crippen LogP contribution in [0.3, 0.4) is 0 Å². The Labute approximate surface area is 152 Å². The van der Waals surface area contributed by atoms with Gasteiger partial charge in [0, 0.05) is 48.8 Å². The highest BCUT2D eigenvalue weighted by Gasteiger charge is 2.22. The van der Waals surface area contributed by atoms with Crippen molar-refractivity contribution < 1.29 is 4.79 Å². The second-order valence-electron chi connectivity index (χ2n) is 6.39. The second kappa shape index (κ2) is 6.90. The third kappa shape index (κ3) is 3.28. The summed E-state index contributed by atoms with van der Waals surface area (Å²) in [6.07, 6.45) is 1.83. The molecule has 0 bridgehead atoms. The normalized spacial score (nSPS) is 15.6. The van der Waals surface area contributed by atoms with Gasteiger partial charge in [-0.25, -0.2) is 0 Å². The fourth-order valence-corrected chi connectivity index (χ4v) is 3.70. The van der Waals surface area contributed by atoms with Crippen molar-refractivity contribution in [3.63, 3.8) is 0 Å². The van der Waals surface area contributed by atoms with Gasteiger partial charge in [0.15, 0.2) is 5.78 Å². The fourth-order valence-electron chi connectivity index (χ4n) is 3.45. The van der Waals surface area contributed by atoms with E-state index in [4.69, 9.17) is 11.6 Å². The van der Waals surface area contributed by atoms with Crippen LogP contribution < -0.4 is 4.90 Å². The average molecular weight is 354 g/mol. The molecule has 3 aromatic rings. The molecule has 0 spiro atoms. The molecular formula is C20H20ClN3O. The van der Waals surface area contributed by atoms with Gasteiger partial charge in [0.25, 0.3) is 0 Å². The van der Waals surface area contributed by atoms with E-state index in [1.807, 2.05) is 48.7 Å². The van der Waals surface area contributed by atoms with Crippen molar-refractivity contribution in [3.05, 3.63) is 65.3 Å². The lowest BCUT2D eigenvalue weighted by molar-refractivity contribution is 0.0928. The monoisotopic (exact) mass is 353 g/mol. The highest BCUT2D eigenvalue weighted by Crippen LogP contribution is 2.26. The van der Waals surface area contributed by atoms with Gasteiger partial charge in [0.05, 0.1) is 17.3 Å². The molecule has 4 nitrogen and oxygen atoms in total. The van der Waals surface area contributed by atoms with Crippen molar-refractivity contribution in [2.45, 2.75) is 0 Å². The predicted molar refractivity (Wildman–Crippen MR) is 103 cm³/mol. The van der Waals surface area contributed by atoms with Crippen LogP contribution in [-0.2, 0) is 0 Å². The van der Waals surface area contributed by atoms with Gasteiger partial charge < -0.3 is 9.88 Å². The zero-order valence-electron chi connectivity index (χ0n) is 13.9. The zero-order chi connectivity index (χ0) is 17.2. The molecule has 0 unspecified atom stereocenters. The van der Waals surface area contributed by atoms with E-state index in [-0.39, 0.29) is 5.78 Å². The average Bonchev–Trinajstić information content (AvgIpc) is 3.07. The lowest BCUT2D eigenvalue weighted by atomic mass is 10.1. The number of nitrogens with one attached hydrogen (secondary N) is 1. The lowest BCUT2D eigenvalue weighted by Crippen LogP contribution is -2.48. The maximum Gasteiger partial charge on any atom is 0.178 e. The largest absolute Gasteiger partial charge is 0.368 e. The van der Waals surface area contributed by atoms with E-state index in [0.29, 0.717) is 6.54 Å². The molecule has 1 saturated heterocycles. The number of Topliss-reactive ketones (excluding diaryl/α,β-unsaturated/α-hetero) is 1. The first kappa shape index (κ1) is 16.2. The van der Waals surface area contributed by atoms with E-state index < -0.39 is 0 Å². The summed E-state index contributed by atoms with van der Waals surface area (Å²) < 4.78 is 0. The molecule has 128 valence electrons. The summed E-state index contributed by atoms with van der Waals surface area (Å²) in [4.78, 5) is 20.4. The van der Waals surface area contributed by atoms with Crippen LogP contribution >= 0.6 is 11.6 Å². The number of hydrogen-bond acceptors (Lipinski definition) is 3. The lowest BCUT2D eigenvalue weighted by Gasteiger charge is -2.36. The van der Waals surface area contributed by atoms with Gasteiger partial charge in [-0.1, -0.05) is 41.9 Å². The highest BCUT2D eigenvalue weighted by atomic mass is 35.5. The maximum absolute atomic E-state index is 12.7. The summed E-state index contributed by atoms with van der Waals surface area (Å²) in [6, 6.07) is 15.9. The predicted octanol–water partition coefficient (Wildman–Crippen LogP) is 3.83. The molecule has 2 heterocycles. The SMILES string of the molecule is O=C(CN1CCN(c2ccccc2Cl)CC1)c1c[nH]c2ccccc12. The Hall–Kier alpha value is -2.30. The van der Waals surface area contributed by atoms with Gasteiger partial charge in [-0.2, -0.15) is 0 Å². The number of anilines is 1. The number of aromatic amines is 1. The number of ketones is 1.